The third-order valence-electron chi connectivity index (χ3n) is 9.31. The topological polar surface area (TPSA) is 82.9 Å². The Morgan fingerprint density at radius 2 is 1.69 bits per heavy atom. The van der Waals surface area contributed by atoms with Crippen molar-refractivity contribution < 1.29 is 18.3 Å². The van der Waals surface area contributed by atoms with E-state index in [1.807, 2.05) is 12.1 Å². The average Bonchev–Trinajstić information content (AvgIpc) is 3.17. The molecule has 7 nitrogen and oxygen atoms in total. The van der Waals surface area contributed by atoms with Gasteiger partial charge in [-0.15, -0.1) is 0 Å². The monoisotopic (exact) mass is 549 g/mol. The summed E-state index contributed by atoms with van der Waals surface area (Å²) < 4.78 is 27.9. The lowest BCUT2D eigenvalue weighted by molar-refractivity contribution is 0.0697. The number of carboxylic acid groups (broad SMARTS) is 1. The minimum Gasteiger partial charge on any atom is -0.478 e. The highest BCUT2D eigenvalue weighted by atomic mass is 32.2. The summed E-state index contributed by atoms with van der Waals surface area (Å²) in [6.45, 7) is 3.84. The van der Waals surface area contributed by atoms with Crippen molar-refractivity contribution >= 4 is 32.6 Å². The number of carbonyl (C=O) groups is 1. The molecule has 3 aliphatic rings. The van der Waals surface area contributed by atoms with E-state index in [1.54, 1.807) is 10.4 Å². The fourth-order valence-corrected chi connectivity index (χ4v) is 8.10. The lowest BCUT2D eigenvalue weighted by Gasteiger charge is -2.32. The molecular formula is C31H39N3O4S. The van der Waals surface area contributed by atoms with Crippen LogP contribution in [0.25, 0.3) is 22.2 Å². The summed E-state index contributed by atoms with van der Waals surface area (Å²) in [4.78, 5) is 14.4. The Bertz CT molecular complexity index is 1480. The van der Waals surface area contributed by atoms with Gasteiger partial charge in [0.1, 0.15) is 0 Å². The molecular weight excluding hydrogens is 510 g/mol. The van der Waals surface area contributed by atoms with Crippen LogP contribution in [0.2, 0.25) is 0 Å². The molecule has 1 aliphatic carbocycles. The fourth-order valence-electron chi connectivity index (χ4n) is 7.23. The number of nitrogens with zero attached hydrogens (tertiary/aromatic N) is 3. The second-order valence-electron chi connectivity index (χ2n) is 11.7. The highest BCUT2D eigenvalue weighted by Gasteiger charge is 2.31. The number of sulfonamides is 1. The number of aromatic nitrogens is 1. The SMILES string of the molecule is CS(=O)(=O)N1CCC(CCN2CCn3c(c(C4CCCCC4)c4ccc(C(=O)O)cc43)-c3ccccc32)CC1. The van der Waals surface area contributed by atoms with Crippen LogP contribution < -0.4 is 4.90 Å². The summed E-state index contributed by atoms with van der Waals surface area (Å²) >= 11 is 0. The van der Waals surface area contributed by atoms with Gasteiger partial charge in [0, 0.05) is 54.9 Å². The van der Waals surface area contributed by atoms with E-state index in [0.717, 1.165) is 44.4 Å². The molecule has 0 atom stereocenters. The molecule has 1 N–H and O–H groups in total. The van der Waals surface area contributed by atoms with E-state index in [1.165, 1.54) is 66.3 Å². The smallest absolute Gasteiger partial charge is 0.335 e. The van der Waals surface area contributed by atoms with Gasteiger partial charge in [0.05, 0.1) is 17.5 Å². The number of anilines is 1. The van der Waals surface area contributed by atoms with Crippen LogP contribution in [0.15, 0.2) is 42.5 Å². The van der Waals surface area contributed by atoms with E-state index >= 15 is 0 Å². The lowest BCUT2D eigenvalue weighted by Crippen LogP contribution is -2.38. The first-order valence-corrected chi connectivity index (χ1v) is 16.3. The number of aromatic carboxylic acids is 1. The summed E-state index contributed by atoms with van der Waals surface area (Å²) in [7, 11) is -3.11. The maximum atomic E-state index is 11.9. The van der Waals surface area contributed by atoms with Crippen molar-refractivity contribution in [3.05, 3.63) is 53.6 Å². The number of piperidine rings is 1. The summed E-state index contributed by atoms with van der Waals surface area (Å²) in [6.07, 6.45) is 10.3. The van der Waals surface area contributed by atoms with Crippen LogP contribution in [0.5, 0.6) is 0 Å². The molecule has 39 heavy (non-hydrogen) atoms. The minimum atomic E-state index is -3.11. The predicted molar refractivity (Wildman–Crippen MR) is 156 cm³/mol. The molecule has 0 spiro atoms. The van der Waals surface area contributed by atoms with Crippen molar-refractivity contribution in [2.24, 2.45) is 5.92 Å². The third-order valence-corrected chi connectivity index (χ3v) is 10.6. The van der Waals surface area contributed by atoms with Crippen molar-refractivity contribution in [3.63, 3.8) is 0 Å². The molecule has 0 unspecified atom stereocenters. The Morgan fingerprint density at radius 1 is 0.949 bits per heavy atom. The molecule has 8 heteroatoms. The number of benzene rings is 2. The summed E-state index contributed by atoms with van der Waals surface area (Å²) in [5.74, 6) is 0.131. The summed E-state index contributed by atoms with van der Waals surface area (Å²) in [5, 5.41) is 11.0. The first-order valence-electron chi connectivity index (χ1n) is 14.5. The van der Waals surface area contributed by atoms with Crippen molar-refractivity contribution in [2.75, 3.05) is 37.3 Å². The molecule has 2 aromatic carbocycles. The summed E-state index contributed by atoms with van der Waals surface area (Å²) in [6, 6.07) is 14.4. The minimum absolute atomic E-state index is 0.341. The van der Waals surface area contributed by atoms with Crippen LogP contribution in [0.4, 0.5) is 5.69 Å². The number of hydrogen-bond acceptors (Lipinski definition) is 4. The number of fused-ring (bicyclic) bond motifs is 5. The zero-order chi connectivity index (χ0) is 27.1. The van der Waals surface area contributed by atoms with Gasteiger partial charge < -0.3 is 14.6 Å². The van der Waals surface area contributed by atoms with E-state index in [9.17, 15) is 18.3 Å². The number of rotatable bonds is 6. The van der Waals surface area contributed by atoms with Crippen LogP contribution >= 0.6 is 0 Å². The molecule has 1 saturated heterocycles. The van der Waals surface area contributed by atoms with E-state index in [4.69, 9.17) is 0 Å². The Balaban J connectivity index is 1.35. The number of hydrogen-bond donors (Lipinski definition) is 1. The van der Waals surface area contributed by atoms with E-state index < -0.39 is 16.0 Å². The first kappa shape index (κ1) is 26.4. The molecule has 2 aliphatic heterocycles. The molecule has 1 saturated carbocycles. The van der Waals surface area contributed by atoms with Gasteiger partial charge in [-0.2, -0.15) is 0 Å². The molecule has 3 aromatic rings. The van der Waals surface area contributed by atoms with Gasteiger partial charge in [0.2, 0.25) is 10.0 Å². The van der Waals surface area contributed by atoms with Crippen molar-refractivity contribution in [2.45, 2.75) is 63.8 Å². The average molecular weight is 550 g/mol. The largest absolute Gasteiger partial charge is 0.478 e. The highest BCUT2D eigenvalue weighted by molar-refractivity contribution is 7.88. The fraction of sp³-hybridized carbons (Fsp3) is 0.516. The Hall–Kier alpha value is -2.84. The second kappa shape index (κ2) is 10.6. The summed E-state index contributed by atoms with van der Waals surface area (Å²) in [5.41, 5.74) is 6.56. The first-order chi connectivity index (χ1) is 18.8. The van der Waals surface area contributed by atoms with Crippen molar-refractivity contribution in [3.8, 4) is 11.3 Å². The molecule has 1 aromatic heterocycles. The van der Waals surface area contributed by atoms with E-state index in [-0.39, 0.29) is 0 Å². The van der Waals surface area contributed by atoms with Gasteiger partial charge in [0.15, 0.2) is 0 Å². The van der Waals surface area contributed by atoms with Crippen LogP contribution in [0, 0.1) is 5.92 Å². The van der Waals surface area contributed by atoms with Gasteiger partial charge >= 0.3 is 5.97 Å². The van der Waals surface area contributed by atoms with Gasteiger partial charge in [0.25, 0.3) is 0 Å². The predicted octanol–water partition coefficient (Wildman–Crippen LogP) is 5.94. The zero-order valence-corrected chi connectivity index (χ0v) is 23.6. The van der Waals surface area contributed by atoms with E-state index in [2.05, 4.69) is 33.7 Å². The zero-order valence-electron chi connectivity index (χ0n) is 22.8. The molecule has 0 radical (unpaired) electrons. The van der Waals surface area contributed by atoms with Gasteiger partial charge in [-0.3, -0.25) is 0 Å². The molecule has 2 fully saturated rings. The third kappa shape index (κ3) is 5.09. The van der Waals surface area contributed by atoms with E-state index in [0.29, 0.717) is 30.5 Å². The maximum absolute atomic E-state index is 11.9. The number of para-hydroxylation sites is 1. The Kier molecular flexibility index (Phi) is 7.18. The van der Waals surface area contributed by atoms with Gasteiger partial charge in [-0.25, -0.2) is 17.5 Å². The van der Waals surface area contributed by atoms with Gasteiger partial charge in [-0.05, 0) is 67.7 Å². The Morgan fingerprint density at radius 3 is 2.41 bits per heavy atom. The standard InChI is InChI=1S/C31H39N3O4S/c1-39(37,38)33-17-14-22(15-18-33)13-16-32-19-20-34-28-21-24(31(35)36)11-12-25(28)29(23-7-3-2-4-8-23)30(34)26-9-5-6-10-27(26)32/h5-6,9-12,21-23H,2-4,7-8,13-20H2,1H3,(H,35,36). The van der Waals surface area contributed by atoms with Crippen LogP contribution in [0.1, 0.15) is 73.2 Å². The second-order valence-corrected chi connectivity index (χ2v) is 13.7. The van der Waals surface area contributed by atoms with Crippen molar-refractivity contribution in [1.29, 1.82) is 0 Å². The molecule has 6 rings (SSSR count). The highest BCUT2D eigenvalue weighted by Crippen LogP contribution is 2.47. The van der Waals surface area contributed by atoms with Crippen LogP contribution in [0.3, 0.4) is 0 Å². The molecule has 3 heterocycles. The van der Waals surface area contributed by atoms with Crippen LogP contribution in [-0.4, -0.2) is 60.8 Å². The molecule has 0 bridgehead atoms. The maximum Gasteiger partial charge on any atom is 0.335 e. The lowest BCUT2D eigenvalue weighted by atomic mass is 9.81. The normalized spacial score (nSPS) is 19.6. The van der Waals surface area contributed by atoms with Crippen LogP contribution in [-0.2, 0) is 16.6 Å². The van der Waals surface area contributed by atoms with Crippen molar-refractivity contribution in [1.82, 2.24) is 8.87 Å². The van der Waals surface area contributed by atoms with Gasteiger partial charge in [-0.1, -0.05) is 43.5 Å². The quantitative estimate of drug-likeness (QED) is 0.412. The number of carboxylic acids is 1. The Labute approximate surface area is 231 Å². The molecule has 0 amide bonds. The molecule has 208 valence electrons.